The lowest BCUT2D eigenvalue weighted by Crippen LogP contribution is -2.53. The van der Waals surface area contributed by atoms with Crippen molar-refractivity contribution in [2.45, 2.75) is 51.1 Å². The van der Waals surface area contributed by atoms with Crippen molar-refractivity contribution in [3.63, 3.8) is 0 Å². The molecular weight excluding hydrogens is 674 g/mol. The molecule has 0 aliphatic rings. The zero-order valence-electron chi connectivity index (χ0n) is 25.5. The summed E-state index contributed by atoms with van der Waals surface area (Å²) in [6.45, 7) is 5.60. The normalized spacial score (nSPS) is 11.9. The van der Waals surface area contributed by atoms with Crippen molar-refractivity contribution < 1.29 is 18.0 Å². The Hall–Kier alpha value is -3.66. The third kappa shape index (κ3) is 8.96. The zero-order chi connectivity index (χ0) is 32.6. The van der Waals surface area contributed by atoms with Gasteiger partial charge in [-0.15, -0.1) is 0 Å². The van der Waals surface area contributed by atoms with Crippen LogP contribution in [0.15, 0.2) is 106 Å². The molecule has 1 unspecified atom stereocenters. The summed E-state index contributed by atoms with van der Waals surface area (Å²) in [5.74, 6) is -0.822. The number of carbonyl (C=O) groups excluding carboxylic acids is 2. The standard InChI is InChI=1S/C35H37BrClN3O4S/c1-4-20-38-35(42)33(22-27-8-6-5-7-9-27)39(23-28-12-14-29(36)15-13-28)34(41)24-40(32-19-16-30(37)21-26(32)3)45(43,44)31-17-10-25(2)11-18-31/h5-19,21,33H,4,20,22-24H2,1-3H3,(H,38,42). The zero-order valence-corrected chi connectivity index (χ0v) is 28.7. The molecule has 0 radical (unpaired) electrons. The number of hydrogen-bond donors (Lipinski definition) is 1. The number of aryl methyl sites for hydroxylation is 2. The van der Waals surface area contributed by atoms with Gasteiger partial charge in [0.1, 0.15) is 12.6 Å². The lowest BCUT2D eigenvalue weighted by molar-refractivity contribution is -0.140. The predicted molar refractivity (Wildman–Crippen MR) is 184 cm³/mol. The molecule has 0 fully saturated rings. The van der Waals surface area contributed by atoms with E-state index in [0.717, 1.165) is 31.9 Å². The van der Waals surface area contributed by atoms with Gasteiger partial charge in [-0.3, -0.25) is 13.9 Å². The topological polar surface area (TPSA) is 86.8 Å². The Morgan fingerprint density at radius 3 is 2.18 bits per heavy atom. The maximum Gasteiger partial charge on any atom is 0.264 e. The Morgan fingerprint density at radius 1 is 0.889 bits per heavy atom. The number of rotatable bonds is 13. The van der Waals surface area contributed by atoms with Crippen LogP contribution in [0.4, 0.5) is 5.69 Å². The molecule has 0 saturated heterocycles. The summed E-state index contributed by atoms with van der Waals surface area (Å²) in [6, 6.07) is 27.4. The second-order valence-electron chi connectivity index (χ2n) is 10.9. The lowest BCUT2D eigenvalue weighted by Gasteiger charge is -2.34. The molecule has 4 rings (SSSR count). The van der Waals surface area contributed by atoms with E-state index in [9.17, 15) is 18.0 Å². The number of carbonyl (C=O) groups is 2. The quantitative estimate of drug-likeness (QED) is 0.161. The maximum absolute atomic E-state index is 14.5. The number of amides is 2. The number of anilines is 1. The number of sulfonamides is 1. The summed E-state index contributed by atoms with van der Waals surface area (Å²) in [5.41, 5.74) is 3.49. The van der Waals surface area contributed by atoms with E-state index in [1.54, 1.807) is 37.3 Å². The molecule has 0 spiro atoms. The van der Waals surface area contributed by atoms with Crippen LogP contribution in [0.5, 0.6) is 0 Å². The first-order chi connectivity index (χ1) is 21.5. The third-order valence-corrected chi connectivity index (χ3v) is 9.94. The molecule has 1 atom stereocenters. The molecule has 2 amide bonds. The van der Waals surface area contributed by atoms with E-state index in [4.69, 9.17) is 11.6 Å². The molecule has 236 valence electrons. The van der Waals surface area contributed by atoms with E-state index >= 15 is 0 Å². The number of benzene rings is 4. The predicted octanol–water partition coefficient (Wildman–Crippen LogP) is 7.08. The van der Waals surface area contributed by atoms with Gasteiger partial charge in [0.2, 0.25) is 11.8 Å². The minimum Gasteiger partial charge on any atom is -0.354 e. The molecular formula is C35H37BrClN3O4S. The molecule has 45 heavy (non-hydrogen) atoms. The van der Waals surface area contributed by atoms with E-state index in [1.165, 1.54) is 17.0 Å². The highest BCUT2D eigenvalue weighted by molar-refractivity contribution is 9.10. The summed E-state index contributed by atoms with van der Waals surface area (Å²) >= 11 is 9.69. The Balaban J connectivity index is 1.81. The highest BCUT2D eigenvalue weighted by atomic mass is 79.9. The lowest BCUT2D eigenvalue weighted by atomic mass is 10.0. The minimum atomic E-state index is -4.20. The van der Waals surface area contributed by atoms with Crippen molar-refractivity contribution >= 4 is 55.1 Å². The van der Waals surface area contributed by atoms with Crippen molar-refractivity contribution in [3.8, 4) is 0 Å². The fourth-order valence-electron chi connectivity index (χ4n) is 4.96. The van der Waals surface area contributed by atoms with Crippen LogP contribution >= 0.6 is 27.5 Å². The van der Waals surface area contributed by atoms with E-state index < -0.39 is 28.5 Å². The van der Waals surface area contributed by atoms with Gasteiger partial charge >= 0.3 is 0 Å². The fraction of sp³-hybridized carbons (Fsp3) is 0.257. The SMILES string of the molecule is CCCNC(=O)C(Cc1ccccc1)N(Cc1ccc(Br)cc1)C(=O)CN(c1ccc(Cl)cc1C)S(=O)(=O)c1ccc(C)cc1. The van der Waals surface area contributed by atoms with Gasteiger partial charge in [-0.2, -0.15) is 0 Å². The van der Waals surface area contributed by atoms with Crippen molar-refractivity contribution in [1.29, 1.82) is 0 Å². The fourth-order valence-corrected chi connectivity index (χ4v) is 6.93. The van der Waals surface area contributed by atoms with Crippen LogP contribution in [0.2, 0.25) is 5.02 Å². The molecule has 4 aromatic rings. The molecule has 0 aliphatic carbocycles. The first kappa shape index (κ1) is 34.2. The maximum atomic E-state index is 14.5. The third-order valence-electron chi connectivity index (χ3n) is 7.40. The monoisotopic (exact) mass is 709 g/mol. The van der Waals surface area contributed by atoms with E-state index in [0.29, 0.717) is 22.8 Å². The first-order valence-corrected chi connectivity index (χ1v) is 17.3. The number of halogens is 2. The van der Waals surface area contributed by atoms with Crippen LogP contribution in [0.1, 0.15) is 35.6 Å². The van der Waals surface area contributed by atoms with E-state index in [1.807, 2.05) is 68.4 Å². The second-order valence-corrected chi connectivity index (χ2v) is 14.1. The Morgan fingerprint density at radius 2 is 1.56 bits per heavy atom. The summed E-state index contributed by atoms with van der Waals surface area (Å²) in [4.78, 5) is 29.8. The summed E-state index contributed by atoms with van der Waals surface area (Å²) in [7, 11) is -4.20. The van der Waals surface area contributed by atoms with Gasteiger partial charge in [0.25, 0.3) is 10.0 Å². The molecule has 1 N–H and O–H groups in total. The summed E-state index contributed by atoms with van der Waals surface area (Å²) < 4.78 is 30.4. The molecule has 10 heteroatoms. The largest absolute Gasteiger partial charge is 0.354 e. The van der Waals surface area contributed by atoms with Gasteiger partial charge < -0.3 is 10.2 Å². The average molecular weight is 711 g/mol. The van der Waals surface area contributed by atoms with E-state index in [2.05, 4.69) is 21.2 Å². The van der Waals surface area contributed by atoms with Gasteiger partial charge in [-0.1, -0.05) is 94.6 Å². The van der Waals surface area contributed by atoms with Crippen LogP contribution in [0, 0.1) is 13.8 Å². The number of hydrogen-bond acceptors (Lipinski definition) is 4. The van der Waals surface area contributed by atoms with Gasteiger partial charge in [0.05, 0.1) is 10.6 Å². The van der Waals surface area contributed by atoms with Crippen LogP contribution in [-0.2, 0) is 32.6 Å². The molecule has 7 nitrogen and oxygen atoms in total. The highest BCUT2D eigenvalue weighted by Gasteiger charge is 2.35. The first-order valence-electron chi connectivity index (χ1n) is 14.7. The van der Waals surface area contributed by atoms with Gasteiger partial charge in [0.15, 0.2) is 0 Å². The number of nitrogens with one attached hydrogen (secondary N) is 1. The Labute approximate surface area is 279 Å². The van der Waals surface area contributed by atoms with Crippen LogP contribution in [0.25, 0.3) is 0 Å². The molecule has 0 aromatic heterocycles. The van der Waals surface area contributed by atoms with Crippen LogP contribution < -0.4 is 9.62 Å². The molecule has 0 bridgehead atoms. The molecule has 0 saturated carbocycles. The summed E-state index contributed by atoms with van der Waals surface area (Å²) in [5, 5.41) is 3.40. The summed E-state index contributed by atoms with van der Waals surface area (Å²) in [6.07, 6.45) is 0.978. The van der Waals surface area contributed by atoms with Gasteiger partial charge in [-0.05, 0) is 79.4 Å². The van der Waals surface area contributed by atoms with Crippen molar-refractivity contribution in [1.82, 2.24) is 10.2 Å². The van der Waals surface area contributed by atoms with Crippen LogP contribution in [-0.4, -0.2) is 44.3 Å². The van der Waals surface area contributed by atoms with Crippen molar-refractivity contribution in [2.24, 2.45) is 0 Å². The van der Waals surface area contributed by atoms with Crippen LogP contribution in [0.3, 0.4) is 0 Å². The smallest absolute Gasteiger partial charge is 0.264 e. The molecule has 0 aliphatic heterocycles. The Bertz CT molecular complexity index is 1720. The van der Waals surface area contributed by atoms with Gasteiger partial charge in [0, 0.05) is 29.0 Å². The van der Waals surface area contributed by atoms with E-state index in [-0.39, 0.29) is 23.8 Å². The minimum absolute atomic E-state index is 0.0521. The second kappa shape index (κ2) is 15.6. The average Bonchev–Trinajstić information content (AvgIpc) is 3.02. The Kier molecular flexibility index (Phi) is 11.8. The number of nitrogens with zero attached hydrogens (tertiary/aromatic N) is 2. The molecule has 4 aromatic carbocycles. The van der Waals surface area contributed by atoms with Crippen molar-refractivity contribution in [3.05, 3.63) is 129 Å². The van der Waals surface area contributed by atoms with Gasteiger partial charge in [-0.25, -0.2) is 8.42 Å². The molecule has 0 heterocycles. The highest BCUT2D eigenvalue weighted by Crippen LogP contribution is 2.30. The van der Waals surface area contributed by atoms with Crippen molar-refractivity contribution in [2.75, 3.05) is 17.4 Å².